The maximum absolute atomic E-state index is 16.4. The molecule has 12 rings (SSSR count). The molecule has 0 fully saturated rings. The molecule has 8 aromatic carbocycles. The van der Waals surface area contributed by atoms with Gasteiger partial charge in [0.2, 0.25) is 25.1 Å². The Hall–Kier alpha value is -7.96. The van der Waals surface area contributed by atoms with Crippen molar-refractivity contribution >= 4 is 31.0 Å². The summed E-state index contributed by atoms with van der Waals surface area (Å²) in [6, 6.07) is 35.3. The Morgan fingerprint density at radius 3 is 1.12 bits per heavy atom. The SMILES string of the molecule is Nc1cccc(Oc2ccc(S(=O)(=O)c3ccc(C(c4ccc(S(=O)(=O)c5ccc(Oc6cccc(N)c6)cc5)c5c4Oc4ccc-5cc4)(C(F)(F)F)C(F)(F)F)c4c3-c3ccc(cc3)O4)cc2)c1. The molecule has 8 aromatic rings. The number of ether oxygens (including phenoxy) is 4. The normalized spacial score (nSPS) is 13.1. The fourth-order valence-electron chi connectivity index (χ4n) is 8.51. The van der Waals surface area contributed by atoms with Crippen LogP contribution in [0.5, 0.6) is 46.0 Å². The fraction of sp³-hybridized carbons (Fsp3) is 0.0588. The van der Waals surface area contributed by atoms with E-state index < -0.39 is 81.0 Å². The van der Waals surface area contributed by atoms with E-state index in [0.717, 1.165) is 0 Å². The van der Waals surface area contributed by atoms with E-state index in [4.69, 9.17) is 30.4 Å². The van der Waals surface area contributed by atoms with Gasteiger partial charge in [-0.15, -0.1) is 0 Å². The van der Waals surface area contributed by atoms with Crippen LogP contribution in [0.4, 0.5) is 37.7 Å². The molecule has 0 saturated carbocycles. The monoisotopic (exact) mass is 978 g/mol. The summed E-state index contributed by atoms with van der Waals surface area (Å²) < 4.78 is 180. The van der Waals surface area contributed by atoms with Crippen LogP contribution < -0.4 is 30.4 Å². The molecule has 0 radical (unpaired) electrons. The second-order valence-corrected chi connectivity index (χ2v) is 19.8. The summed E-state index contributed by atoms with van der Waals surface area (Å²) in [6.45, 7) is 0. The van der Waals surface area contributed by atoms with Crippen LogP contribution in [0.25, 0.3) is 22.3 Å². The number of rotatable bonds is 10. The minimum atomic E-state index is -6.30. The zero-order valence-electron chi connectivity index (χ0n) is 35.2. The molecule has 348 valence electrons. The van der Waals surface area contributed by atoms with Gasteiger partial charge in [0.1, 0.15) is 46.0 Å². The lowest BCUT2D eigenvalue weighted by Crippen LogP contribution is -2.55. The summed E-state index contributed by atoms with van der Waals surface area (Å²) in [7, 11) is -9.51. The molecule has 4 heterocycles. The molecule has 0 atom stereocenters. The molecule has 0 aliphatic carbocycles. The van der Waals surface area contributed by atoms with E-state index in [1.54, 1.807) is 36.4 Å². The summed E-state index contributed by atoms with van der Waals surface area (Å²) in [4.78, 5) is -2.09. The van der Waals surface area contributed by atoms with Gasteiger partial charge in [-0.25, -0.2) is 16.8 Å². The van der Waals surface area contributed by atoms with Crippen molar-refractivity contribution < 1.29 is 62.1 Å². The highest BCUT2D eigenvalue weighted by Crippen LogP contribution is 2.64. The Kier molecular flexibility index (Phi) is 10.5. The molecule has 69 heavy (non-hydrogen) atoms. The highest BCUT2D eigenvalue weighted by molar-refractivity contribution is 7.92. The third-order valence-electron chi connectivity index (χ3n) is 11.7. The molecule has 0 amide bonds. The van der Waals surface area contributed by atoms with E-state index in [1.807, 2.05) is 0 Å². The molecule has 18 heteroatoms. The molecule has 4 bridgehead atoms. The van der Waals surface area contributed by atoms with Crippen molar-refractivity contribution in [2.75, 3.05) is 11.5 Å². The number of nitrogen functional groups attached to an aromatic ring is 2. The Balaban J connectivity index is 1.15. The van der Waals surface area contributed by atoms with E-state index in [1.165, 1.54) is 109 Å². The van der Waals surface area contributed by atoms with Gasteiger partial charge in [0.05, 0.1) is 19.6 Å². The lowest BCUT2D eigenvalue weighted by Gasteiger charge is -2.40. The van der Waals surface area contributed by atoms with Crippen LogP contribution in [0.15, 0.2) is 189 Å². The van der Waals surface area contributed by atoms with Crippen LogP contribution in [-0.2, 0) is 25.1 Å². The van der Waals surface area contributed by atoms with Crippen LogP contribution in [0.1, 0.15) is 11.1 Å². The van der Waals surface area contributed by atoms with Crippen molar-refractivity contribution in [2.24, 2.45) is 0 Å². The Morgan fingerprint density at radius 2 is 0.783 bits per heavy atom. The second kappa shape index (κ2) is 16.1. The number of sulfone groups is 2. The van der Waals surface area contributed by atoms with E-state index in [2.05, 4.69) is 0 Å². The van der Waals surface area contributed by atoms with Gasteiger partial charge in [0, 0.05) is 45.8 Å². The van der Waals surface area contributed by atoms with Gasteiger partial charge in [0.15, 0.2) is 0 Å². The molecule has 4 aliphatic heterocycles. The Bertz CT molecular complexity index is 3330. The van der Waals surface area contributed by atoms with Crippen LogP contribution in [0.3, 0.4) is 0 Å². The number of halogens is 6. The molecule has 4 aliphatic rings. The van der Waals surface area contributed by atoms with Crippen molar-refractivity contribution in [3.05, 3.63) is 181 Å². The summed E-state index contributed by atoms with van der Waals surface area (Å²) >= 11 is 0. The molecule has 0 aromatic heterocycles. The molecular formula is C51H32F6N2O8S2. The highest BCUT2D eigenvalue weighted by Gasteiger charge is 2.75. The zero-order chi connectivity index (χ0) is 48.7. The first-order valence-electron chi connectivity index (χ1n) is 20.6. The van der Waals surface area contributed by atoms with E-state index in [9.17, 15) is 16.8 Å². The van der Waals surface area contributed by atoms with Gasteiger partial charge in [-0.3, -0.25) is 0 Å². The molecule has 0 unspecified atom stereocenters. The summed E-state index contributed by atoms with van der Waals surface area (Å²) in [5.41, 5.74) is 2.96. The maximum Gasteiger partial charge on any atom is 0.411 e. The number of benzene rings is 8. The van der Waals surface area contributed by atoms with Gasteiger partial charge < -0.3 is 30.4 Å². The predicted molar refractivity (Wildman–Crippen MR) is 242 cm³/mol. The van der Waals surface area contributed by atoms with Crippen LogP contribution in [0.2, 0.25) is 0 Å². The topological polar surface area (TPSA) is 157 Å². The molecule has 10 nitrogen and oxygen atoms in total. The quantitative estimate of drug-likeness (QED) is 0.0998. The average Bonchev–Trinajstić information content (AvgIpc) is 3.77. The summed E-state index contributed by atoms with van der Waals surface area (Å²) in [6.07, 6.45) is -12.6. The number of anilines is 2. The smallest absolute Gasteiger partial charge is 0.411 e. The number of alkyl halides is 6. The first-order chi connectivity index (χ1) is 32.8. The van der Waals surface area contributed by atoms with E-state index >= 15 is 26.3 Å². The first kappa shape index (κ1) is 44.9. The minimum absolute atomic E-state index is 0.0788. The summed E-state index contributed by atoms with van der Waals surface area (Å²) in [5.74, 6) is -1.46. The fourth-order valence-corrected chi connectivity index (χ4v) is 11.5. The molecule has 4 N–H and O–H groups in total. The van der Waals surface area contributed by atoms with Crippen molar-refractivity contribution in [2.45, 2.75) is 37.3 Å². The van der Waals surface area contributed by atoms with E-state index in [0.29, 0.717) is 47.1 Å². The molecule has 0 spiro atoms. The van der Waals surface area contributed by atoms with Crippen LogP contribution >= 0.6 is 0 Å². The van der Waals surface area contributed by atoms with Crippen molar-refractivity contribution in [3.63, 3.8) is 0 Å². The van der Waals surface area contributed by atoms with Gasteiger partial charge in [-0.05, 0) is 120 Å². The highest BCUT2D eigenvalue weighted by atomic mass is 32.2. The lowest BCUT2D eigenvalue weighted by molar-refractivity contribution is -0.289. The van der Waals surface area contributed by atoms with Crippen LogP contribution in [0, 0.1) is 0 Å². The second-order valence-electron chi connectivity index (χ2n) is 15.9. The van der Waals surface area contributed by atoms with Crippen molar-refractivity contribution in [1.82, 2.24) is 0 Å². The maximum atomic E-state index is 16.4. The molecule has 0 saturated heterocycles. The van der Waals surface area contributed by atoms with Crippen molar-refractivity contribution in [3.8, 4) is 68.2 Å². The minimum Gasteiger partial charge on any atom is -0.457 e. The number of hydrogen-bond acceptors (Lipinski definition) is 10. The number of fused-ring (bicyclic) bond motifs is 4. The molecular weight excluding hydrogens is 947 g/mol. The largest absolute Gasteiger partial charge is 0.457 e. The van der Waals surface area contributed by atoms with Crippen molar-refractivity contribution in [1.29, 1.82) is 0 Å². The van der Waals surface area contributed by atoms with E-state index in [-0.39, 0.29) is 43.9 Å². The van der Waals surface area contributed by atoms with Gasteiger partial charge in [0.25, 0.3) is 0 Å². The Labute approximate surface area is 389 Å². The third-order valence-corrected chi connectivity index (χ3v) is 15.3. The van der Waals surface area contributed by atoms with Gasteiger partial charge in [-0.2, -0.15) is 26.3 Å². The average molecular weight is 979 g/mol. The van der Waals surface area contributed by atoms with Crippen LogP contribution in [-0.4, -0.2) is 29.2 Å². The first-order valence-corrected chi connectivity index (χ1v) is 23.5. The van der Waals surface area contributed by atoms with Gasteiger partial charge in [-0.1, -0.05) is 48.5 Å². The zero-order valence-corrected chi connectivity index (χ0v) is 36.8. The predicted octanol–water partition coefficient (Wildman–Crippen LogP) is 13.1. The third kappa shape index (κ3) is 7.52. The summed E-state index contributed by atoms with van der Waals surface area (Å²) in [5, 5.41) is 0. The lowest BCUT2D eigenvalue weighted by atomic mass is 9.70. The Morgan fingerprint density at radius 1 is 0.420 bits per heavy atom. The van der Waals surface area contributed by atoms with Gasteiger partial charge >= 0.3 is 12.4 Å². The number of nitrogens with two attached hydrogens (primary N) is 2. The standard InChI is InChI=1S/C51H32F6N2O8S2/c52-50(53,54)49(51(55,56)57,41-23-25-43(45-29-7-11-35(12-8-29)66-47(41)45)68(60,61)39-19-15-33(16-20-39)64-37-5-1-3-31(58)27-37)42-24-26-44(46-30-9-13-36(14-10-30)67-48(42)46)69(62,63)40-21-17-34(18-22-40)65-38-6-2-4-32(59)28-38/h1-28H,58-59H2. The number of hydrogen-bond donors (Lipinski definition) is 2.